The number of rotatable bonds is 2. The van der Waals surface area contributed by atoms with Crippen molar-refractivity contribution in [1.82, 2.24) is 0 Å². The molecule has 0 bridgehead atoms. The van der Waals surface area contributed by atoms with E-state index in [-0.39, 0.29) is 0 Å². The summed E-state index contributed by atoms with van der Waals surface area (Å²) in [6.07, 6.45) is 1.59. The number of carbonyl (C=O) groups is 1. The molecule has 0 fully saturated rings. The normalized spacial score (nSPS) is 10.3. The van der Waals surface area contributed by atoms with Crippen molar-refractivity contribution in [3.8, 4) is 11.3 Å². The Balaban J connectivity index is 2.53. The molecule has 0 N–H and O–H groups in total. The molecule has 88 valence electrons. The molecule has 0 unspecified atom stereocenters. The van der Waals surface area contributed by atoms with Gasteiger partial charge in [-0.2, -0.15) is 0 Å². The average molecular weight is 251 g/mol. The average Bonchev–Trinajstić information content (AvgIpc) is 2.84. The van der Waals surface area contributed by atoms with Gasteiger partial charge in [0.1, 0.15) is 5.76 Å². The monoisotopic (exact) mass is 250 g/mol. The van der Waals surface area contributed by atoms with E-state index >= 15 is 0 Å². The Kier molecular flexibility index (Phi) is 3.20. The van der Waals surface area contributed by atoms with Crippen molar-refractivity contribution < 1.29 is 13.9 Å². The third-order valence-electron chi connectivity index (χ3n) is 2.51. The fraction of sp³-hybridized carbons (Fsp3) is 0.154. The number of carbonyl (C=O) groups excluding carboxylic acids is 1. The van der Waals surface area contributed by atoms with E-state index in [0.29, 0.717) is 10.6 Å². The molecule has 0 saturated heterocycles. The van der Waals surface area contributed by atoms with Gasteiger partial charge >= 0.3 is 5.97 Å². The van der Waals surface area contributed by atoms with Crippen LogP contribution >= 0.6 is 11.6 Å². The summed E-state index contributed by atoms with van der Waals surface area (Å²) in [5.41, 5.74) is 2.14. The Morgan fingerprint density at radius 1 is 1.41 bits per heavy atom. The van der Waals surface area contributed by atoms with Crippen LogP contribution in [0.5, 0.6) is 0 Å². The van der Waals surface area contributed by atoms with Gasteiger partial charge in [0.2, 0.25) is 0 Å². The molecule has 0 spiro atoms. The maximum atomic E-state index is 11.5. The topological polar surface area (TPSA) is 39.4 Å². The highest BCUT2D eigenvalue weighted by Gasteiger charge is 2.15. The van der Waals surface area contributed by atoms with E-state index in [1.165, 1.54) is 7.11 Å². The lowest BCUT2D eigenvalue weighted by Gasteiger charge is -2.07. The molecule has 3 nitrogen and oxygen atoms in total. The van der Waals surface area contributed by atoms with Crippen LogP contribution < -0.4 is 0 Å². The second-order valence-electron chi connectivity index (χ2n) is 3.62. The van der Waals surface area contributed by atoms with Crippen molar-refractivity contribution in [3.63, 3.8) is 0 Å². The van der Waals surface area contributed by atoms with Crippen LogP contribution in [0.15, 0.2) is 34.9 Å². The van der Waals surface area contributed by atoms with Crippen molar-refractivity contribution >= 4 is 17.6 Å². The lowest BCUT2D eigenvalue weighted by atomic mass is 10.0. The minimum absolute atomic E-state index is 0.355. The highest BCUT2D eigenvalue weighted by atomic mass is 35.5. The van der Waals surface area contributed by atoms with Gasteiger partial charge in [0, 0.05) is 5.56 Å². The zero-order valence-electron chi connectivity index (χ0n) is 9.49. The summed E-state index contributed by atoms with van der Waals surface area (Å²) in [5, 5.41) is 0.355. The fourth-order valence-electron chi connectivity index (χ4n) is 1.65. The second-order valence-corrected chi connectivity index (χ2v) is 4.02. The summed E-state index contributed by atoms with van der Waals surface area (Å²) in [5.74, 6) is 0.282. The van der Waals surface area contributed by atoms with E-state index in [0.717, 1.165) is 16.9 Å². The molecular weight excluding hydrogens is 240 g/mol. The Bertz CT molecular complexity index is 544. The molecule has 0 amide bonds. The van der Waals surface area contributed by atoms with Gasteiger partial charge in [-0.15, -0.1) is 0 Å². The molecule has 2 aromatic rings. The van der Waals surface area contributed by atoms with Gasteiger partial charge in [0.15, 0.2) is 0 Å². The number of furan rings is 1. The van der Waals surface area contributed by atoms with Crippen LogP contribution in [0.1, 0.15) is 15.9 Å². The maximum absolute atomic E-state index is 11.5. The van der Waals surface area contributed by atoms with Crippen LogP contribution in [0.4, 0.5) is 0 Å². The molecule has 17 heavy (non-hydrogen) atoms. The SMILES string of the molecule is COC(=O)c1cc(C)c(-c2ccco2)cc1Cl. The molecule has 0 aliphatic rings. The van der Waals surface area contributed by atoms with Crippen LogP contribution in [0.2, 0.25) is 5.02 Å². The van der Waals surface area contributed by atoms with Crippen LogP contribution in [-0.2, 0) is 4.74 Å². The van der Waals surface area contributed by atoms with E-state index in [1.54, 1.807) is 24.5 Å². The molecule has 1 aromatic heterocycles. The van der Waals surface area contributed by atoms with Crippen molar-refractivity contribution in [2.75, 3.05) is 7.11 Å². The van der Waals surface area contributed by atoms with E-state index < -0.39 is 5.97 Å². The summed E-state index contributed by atoms with van der Waals surface area (Å²) < 4.78 is 9.96. The van der Waals surface area contributed by atoms with E-state index in [1.807, 2.05) is 13.0 Å². The van der Waals surface area contributed by atoms with Crippen LogP contribution in [0.3, 0.4) is 0 Å². The third-order valence-corrected chi connectivity index (χ3v) is 2.82. The van der Waals surface area contributed by atoms with Crippen molar-refractivity contribution in [2.24, 2.45) is 0 Å². The predicted molar refractivity (Wildman–Crippen MR) is 65.2 cm³/mol. The van der Waals surface area contributed by atoms with Gasteiger partial charge in [-0.25, -0.2) is 4.79 Å². The van der Waals surface area contributed by atoms with Gasteiger partial charge in [0.25, 0.3) is 0 Å². The van der Waals surface area contributed by atoms with Gasteiger partial charge in [0.05, 0.1) is 24.0 Å². The first-order valence-corrected chi connectivity index (χ1v) is 5.43. The summed E-state index contributed by atoms with van der Waals surface area (Å²) in [6, 6.07) is 7.06. The predicted octanol–water partition coefficient (Wildman–Crippen LogP) is 3.70. The Hall–Kier alpha value is -1.74. The summed E-state index contributed by atoms with van der Waals surface area (Å²) >= 11 is 6.05. The standard InChI is InChI=1S/C13H11ClO3/c1-8-6-10(13(15)16-2)11(14)7-9(8)12-4-3-5-17-12/h3-7H,1-2H3. The highest BCUT2D eigenvalue weighted by molar-refractivity contribution is 6.34. The number of hydrogen-bond donors (Lipinski definition) is 0. The van der Waals surface area contributed by atoms with E-state index in [2.05, 4.69) is 4.74 Å². The Morgan fingerprint density at radius 3 is 2.76 bits per heavy atom. The first-order valence-electron chi connectivity index (χ1n) is 5.06. The quantitative estimate of drug-likeness (QED) is 0.763. The minimum atomic E-state index is -0.441. The summed E-state index contributed by atoms with van der Waals surface area (Å²) in [7, 11) is 1.33. The molecule has 0 atom stereocenters. The zero-order chi connectivity index (χ0) is 12.4. The highest BCUT2D eigenvalue weighted by Crippen LogP contribution is 2.29. The summed E-state index contributed by atoms with van der Waals surface area (Å²) in [6.45, 7) is 1.89. The van der Waals surface area contributed by atoms with Crippen LogP contribution in [0, 0.1) is 6.92 Å². The van der Waals surface area contributed by atoms with E-state index in [9.17, 15) is 4.79 Å². The van der Waals surface area contributed by atoms with Gasteiger partial charge < -0.3 is 9.15 Å². The van der Waals surface area contributed by atoms with Gasteiger partial charge in [-0.1, -0.05) is 11.6 Å². The molecule has 1 aromatic carbocycles. The fourth-order valence-corrected chi connectivity index (χ4v) is 1.89. The molecule has 0 aliphatic carbocycles. The number of esters is 1. The van der Waals surface area contributed by atoms with E-state index in [4.69, 9.17) is 16.0 Å². The first kappa shape index (κ1) is 11.7. The number of aryl methyl sites for hydroxylation is 1. The minimum Gasteiger partial charge on any atom is -0.465 e. The Labute approximate surface area is 104 Å². The number of ether oxygens (including phenoxy) is 1. The molecule has 0 radical (unpaired) electrons. The maximum Gasteiger partial charge on any atom is 0.339 e. The number of halogens is 1. The number of hydrogen-bond acceptors (Lipinski definition) is 3. The Morgan fingerprint density at radius 2 is 2.18 bits per heavy atom. The first-order chi connectivity index (χ1) is 8.13. The zero-order valence-corrected chi connectivity index (χ0v) is 10.2. The van der Waals surface area contributed by atoms with Gasteiger partial charge in [-0.3, -0.25) is 0 Å². The lowest BCUT2D eigenvalue weighted by Crippen LogP contribution is -2.03. The van der Waals surface area contributed by atoms with Crippen molar-refractivity contribution in [3.05, 3.63) is 46.7 Å². The molecule has 0 aliphatic heterocycles. The molecule has 1 heterocycles. The second kappa shape index (κ2) is 4.63. The number of benzene rings is 1. The lowest BCUT2D eigenvalue weighted by molar-refractivity contribution is 0.0601. The largest absolute Gasteiger partial charge is 0.465 e. The molecule has 0 saturated carbocycles. The molecule has 4 heteroatoms. The third kappa shape index (κ3) is 2.19. The van der Waals surface area contributed by atoms with Crippen molar-refractivity contribution in [1.29, 1.82) is 0 Å². The summed E-state index contributed by atoms with van der Waals surface area (Å²) in [4.78, 5) is 11.5. The van der Waals surface area contributed by atoms with Crippen LogP contribution in [-0.4, -0.2) is 13.1 Å². The molecular formula is C13H11ClO3. The van der Waals surface area contributed by atoms with Gasteiger partial charge in [-0.05, 0) is 36.8 Å². The smallest absolute Gasteiger partial charge is 0.339 e. The number of methoxy groups -OCH3 is 1. The van der Waals surface area contributed by atoms with Crippen LogP contribution in [0.25, 0.3) is 11.3 Å². The molecule has 2 rings (SSSR count). The van der Waals surface area contributed by atoms with Crippen molar-refractivity contribution in [2.45, 2.75) is 6.92 Å².